The molecule has 3 heterocycles. The van der Waals surface area contributed by atoms with Gasteiger partial charge in [-0.05, 0) is 12.1 Å². The number of aryl methyl sites for hydroxylation is 1. The van der Waals surface area contributed by atoms with E-state index in [9.17, 15) is 4.79 Å². The number of nitrogens with zero attached hydrogens (tertiary/aromatic N) is 4. The van der Waals surface area contributed by atoms with E-state index in [1.807, 2.05) is 35.7 Å². The molecule has 0 radical (unpaired) electrons. The van der Waals surface area contributed by atoms with Crippen molar-refractivity contribution in [3.63, 3.8) is 0 Å². The summed E-state index contributed by atoms with van der Waals surface area (Å²) in [6.45, 7) is 3.43. The highest BCUT2D eigenvalue weighted by Gasteiger charge is 2.34. The summed E-state index contributed by atoms with van der Waals surface area (Å²) in [7, 11) is 0. The third-order valence-electron chi connectivity index (χ3n) is 4.18. The average molecular weight is 370 g/mol. The number of rotatable bonds is 6. The fourth-order valence-electron chi connectivity index (χ4n) is 2.75. The zero-order valence-electron chi connectivity index (χ0n) is 14.3. The zero-order valence-corrected chi connectivity index (χ0v) is 15.1. The second-order valence-corrected chi connectivity index (χ2v) is 7.12. The first-order valence-corrected chi connectivity index (χ1v) is 9.24. The minimum absolute atomic E-state index is 0.0716. The summed E-state index contributed by atoms with van der Waals surface area (Å²) in [6.07, 6.45) is 0.305. The minimum Gasteiger partial charge on any atom is -0.486 e. The van der Waals surface area contributed by atoms with Crippen LogP contribution in [-0.2, 0) is 17.8 Å². The van der Waals surface area contributed by atoms with Gasteiger partial charge >= 0.3 is 0 Å². The van der Waals surface area contributed by atoms with Crippen molar-refractivity contribution in [3.05, 3.63) is 58.1 Å². The second-order valence-electron chi connectivity index (χ2n) is 6.18. The quantitative estimate of drug-likeness (QED) is 0.663. The Morgan fingerprint density at radius 2 is 2.12 bits per heavy atom. The van der Waals surface area contributed by atoms with E-state index in [1.165, 1.54) is 11.3 Å². The van der Waals surface area contributed by atoms with Crippen LogP contribution in [0, 0.1) is 6.92 Å². The standard InChI is InChI=1S/C18H18N4O3S/c1-12-19-18(21-25-12)13-8-22(9-13)17(23)7-14-11-26-16(20-14)10-24-15-5-3-2-4-6-15/h2-6,11,13H,7-10H2,1H3. The van der Waals surface area contributed by atoms with E-state index in [0.29, 0.717) is 37.8 Å². The number of aromatic nitrogens is 3. The summed E-state index contributed by atoms with van der Waals surface area (Å²) in [5, 5.41) is 6.70. The topological polar surface area (TPSA) is 81.4 Å². The number of amides is 1. The van der Waals surface area contributed by atoms with Crippen LogP contribution in [0.25, 0.3) is 0 Å². The van der Waals surface area contributed by atoms with Crippen LogP contribution in [0.5, 0.6) is 5.75 Å². The predicted molar refractivity (Wildman–Crippen MR) is 94.9 cm³/mol. The molecule has 134 valence electrons. The van der Waals surface area contributed by atoms with E-state index >= 15 is 0 Å². The van der Waals surface area contributed by atoms with E-state index < -0.39 is 0 Å². The largest absolute Gasteiger partial charge is 0.486 e. The highest BCUT2D eigenvalue weighted by Crippen LogP contribution is 2.25. The molecule has 1 aliphatic heterocycles. The van der Waals surface area contributed by atoms with Gasteiger partial charge in [-0.2, -0.15) is 4.98 Å². The number of ether oxygens (including phenoxy) is 1. The molecule has 7 nitrogen and oxygen atoms in total. The average Bonchev–Trinajstić information content (AvgIpc) is 3.22. The molecule has 0 aliphatic carbocycles. The normalized spacial score (nSPS) is 14.3. The van der Waals surface area contributed by atoms with Crippen LogP contribution >= 0.6 is 11.3 Å². The molecule has 0 unspecified atom stereocenters. The number of likely N-dealkylation sites (tertiary alicyclic amines) is 1. The molecule has 0 N–H and O–H groups in total. The van der Waals surface area contributed by atoms with E-state index in [1.54, 1.807) is 11.8 Å². The first kappa shape index (κ1) is 16.7. The van der Waals surface area contributed by atoms with Crippen molar-refractivity contribution in [2.24, 2.45) is 0 Å². The molecule has 4 rings (SSSR count). The summed E-state index contributed by atoms with van der Waals surface area (Å²) in [4.78, 5) is 22.9. The maximum atomic E-state index is 12.4. The molecule has 1 aromatic carbocycles. The summed E-state index contributed by atoms with van der Waals surface area (Å²) in [5.41, 5.74) is 0.783. The van der Waals surface area contributed by atoms with Crippen LogP contribution in [0.4, 0.5) is 0 Å². The molecule has 8 heteroatoms. The van der Waals surface area contributed by atoms with Crippen molar-refractivity contribution in [3.8, 4) is 5.75 Å². The number of para-hydroxylation sites is 1. The Morgan fingerprint density at radius 1 is 1.31 bits per heavy atom. The number of benzene rings is 1. The third kappa shape index (κ3) is 3.75. The fraction of sp³-hybridized carbons (Fsp3) is 0.333. The molecule has 3 aromatic rings. The fourth-order valence-corrected chi connectivity index (χ4v) is 3.46. The van der Waals surface area contributed by atoms with Crippen molar-refractivity contribution in [1.29, 1.82) is 0 Å². The maximum absolute atomic E-state index is 12.4. The Hall–Kier alpha value is -2.74. The first-order valence-electron chi connectivity index (χ1n) is 8.36. The van der Waals surface area contributed by atoms with Crippen LogP contribution in [0.3, 0.4) is 0 Å². The molecule has 0 saturated carbocycles. The first-order chi connectivity index (χ1) is 12.7. The van der Waals surface area contributed by atoms with Gasteiger partial charge in [0.1, 0.15) is 17.4 Å². The van der Waals surface area contributed by atoms with Gasteiger partial charge in [0.15, 0.2) is 5.82 Å². The van der Waals surface area contributed by atoms with Crippen molar-refractivity contribution in [2.75, 3.05) is 13.1 Å². The van der Waals surface area contributed by atoms with Gasteiger partial charge in [-0.1, -0.05) is 23.4 Å². The SMILES string of the molecule is Cc1nc(C2CN(C(=O)Cc3csc(COc4ccccc4)n3)C2)no1. The molecule has 0 bridgehead atoms. The van der Waals surface area contributed by atoms with Gasteiger partial charge in [-0.25, -0.2) is 4.98 Å². The summed E-state index contributed by atoms with van der Waals surface area (Å²) < 4.78 is 10.7. The minimum atomic E-state index is 0.0716. The highest BCUT2D eigenvalue weighted by atomic mass is 32.1. The zero-order chi connectivity index (χ0) is 17.9. The monoisotopic (exact) mass is 370 g/mol. The van der Waals surface area contributed by atoms with Gasteiger partial charge < -0.3 is 14.2 Å². The van der Waals surface area contributed by atoms with E-state index in [4.69, 9.17) is 9.26 Å². The van der Waals surface area contributed by atoms with E-state index in [2.05, 4.69) is 15.1 Å². The number of hydrogen-bond acceptors (Lipinski definition) is 7. The van der Waals surface area contributed by atoms with Gasteiger partial charge in [-0.15, -0.1) is 11.3 Å². The molecule has 0 atom stereocenters. The van der Waals surface area contributed by atoms with Crippen LogP contribution in [0.2, 0.25) is 0 Å². The summed E-state index contributed by atoms with van der Waals surface area (Å²) in [6, 6.07) is 9.61. The molecule has 2 aromatic heterocycles. The van der Waals surface area contributed by atoms with Crippen LogP contribution in [-0.4, -0.2) is 39.0 Å². The van der Waals surface area contributed by atoms with Gasteiger partial charge in [0.2, 0.25) is 11.8 Å². The van der Waals surface area contributed by atoms with Gasteiger partial charge in [0.05, 0.1) is 18.0 Å². The number of carbonyl (C=O) groups is 1. The second kappa shape index (κ2) is 7.25. The number of thiazole rings is 1. The van der Waals surface area contributed by atoms with Crippen molar-refractivity contribution < 1.29 is 14.1 Å². The molecule has 1 saturated heterocycles. The lowest BCUT2D eigenvalue weighted by Gasteiger charge is -2.37. The van der Waals surface area contributed by atoms with Crippen molar-refractivity contribution in [1.82, 2.24) is 20.0 Å². The lowest BCUT2D eigenvalue weighted by atomic mass is 9.99. The van der Waals surface area contributed by atoms with Crippen molar-refractivity contribution in [2.45, 2.75) is 25.9 Å². The maximum Gasteiger partial charge on any atom is 0.228 e. The molecule has 0 spiro atoms. The van der Waals surface area contributed by atoms with Gasteiger partial charge in [-0.3, -0.25) is 4.79 Å². The lowest BCUT2D eigenvalue weighted by Crippen LogP contribution is -2.49. The predicted octanol–water partition coefficient (Wildman–Crippen LogP) is 2.58. The molecule has 1 fully saturated rings. The Bertz CT molecular complexity index is 887. The molecular weight excluding hydrogens is 352 g/mol. The smallest absolute Gasteiger partial charge is 0.228 e. The molecule has 1 amide bonds. The van der Waals surface area contributed by atoms with E-state index in [0.717, 1.165) is 16.5 Å². The van der Waals surface area contributed by atoms with Crippen LogP contribution < -0.4 is 4.74 Å². The number of carbonyl (C=O) groups excluding carboxylic acids is 1. The van der Waals surface area contributed by atoms with Gasteiger partial charge in [0.25, 0.3) is 0 Å². The van der Waals surface area contributed by atoms with Gasteiger partial charge in [0, 0.05) is 25.4 Å². The van der Waals surface area contributed by atoms with Crippen LogP contribution in [0.15, 0.2) is 40.2 Å². The van der Waals surface area contributed by atoms with Crippen molar-refractivity contribution >= 4 is 17.2 Å². The summed E-state index contributed by atoms with van der Waals surface area (Å²) >= 11 is 1.51. The Labute approximate surface area is 154 Å². The molecule has 1 aliphatic rings. The summed E-state index contributed by atoms with van der Waals surface area (Å²) in [5.74, 6) is 2.28. The molecular formula is C18H18N4O3S. The molecule has 26 heavy (non-hydrogen) atoms. The van der Waals surface area contributed by atoms with Crippen LogP contribution in [0.1, 0.15) is 28.3 Å². The Kier molecular flexibility index (Phi) is 4.66. The number of hydrogen-bond donors (Lipinski definition) is 0. The highest BCUT2D eigenvalue weighted by molar-refractivity contribution is 7.09. The Balaban J connectivity index is 1.26. The third-order valence-corrected chi connectivity index (χ3v) is 5.05. The lowest BCUT2D eigenvalue weighted by molar-refractivity contribution is -0.135. The Morgan fingerprint density at radius 3 is 2.85 bits per heavy atom. The van der Waals surface area contributed by atoms with E-state index in [-0.39, 0.29) is 11.8 Å².